The van der Waals surface area contributed by atoms with Crippen molar-refractivity contribution in [3.8, 4) is 0 Å². The van der Waals surface area contributed by atoms with Gasteiger partial charge in [0, 0.05) is 18.9 Å². The molecule has 1 amide bonds. The zero-order valence-electron chi connectivity index (χ0n) is 9.36. The average molecular weight is 265 g/mol. The zero-order chi connectivity index (χ0) is 13.0. The van der Waals surface area contributed by atoms with Gasteiger partial charge in [0.25, 0.3) is 5.91 Å². The van der Waals surface area contributed by atoms with E-state index in [2.05, 4.69) is 10.3 Å². The molecule has 1 aromatic heterocycles. The molecular formula is C13H10ClFN2O. The van der Waals surface area contributed by atoms with Crippen molar-refractivity contribution in [2.75, 3.05) is 0 Å². The highest BCUT2D eigenvalue weighted by molar-refractivity contribution is 6.33. The number of amides is 1. The number of benzene rings is 1. The second-order valence-electron chi connectivity index (χ2n) is 3.63. The number of hydrogen-bond donors (Lipinski definition) is 1. The maximum absolute atomic E-state index is 13.5. The minimum absolute atomic E-state index is 0.0993. The van der Waals surface area contributed by atoms with Crippen LogP contribution in [0.15, 0.2) is 42.7 Å². The molecule has 5 heteroatoms. The SMILES string of the molecule is O=C(NCc1ccncc1)c1c(F)cccc1Cl. The van der Waals surface area contributed by atoms with Crippen LogP contribution >= 0.6 is 11.6 Å². The van der Waals surface area contributed by atoms with E-state index in [0.717, 1.165) is 5.56 Å². The van der Waals surface area contributed by atoms with Crippen molar-refractivity contribution >= 4 is 17.5 Å². The van der Waals surface area contributed by atoms with Crippen LogP contribution < -0.4 is 5.32 Å². The molecule has 0 saturated heterocycles. The van der Waals surface area contributed by atoms with E-state index in [1.807, 2.05) is 0 Å². The Morgan fingerprint density at radius 1 is 1.28 bits per heavy atom. The third kappa shape index (κ3) is 2.84. The topological polar surface area (TPSA) is 42.0 Å². The van der Waals surface area contributed by atoms with E-state index in [1.165, 1.54) is 18.2 Å². The number of nitrogens with one attached hydrogen (secondary N) is 1. The van der Waals surface area contributed by atoms with Crippen LogP contribution in [0.4, 0.5) is 4.39 Å². The first kappa shape index (κ1) is 12.5. The number of hydrogen-bond acceptors (Lipinski definition) is 2. The number of rotatable bonds is 3. The van der Waals surface area contributed by atoms with Crippen molar-refractivity contribution in [2.24, 2.45) is 0 Å². The molecule has 18 heavy (non-hydrogen) atoms. The fourth-order valence-electron chi connectivity index (χ4n) is 1.49. The first-order valence-corrected chi connectivity index (χ1v) is 5.67. The number of aromatic nitrogens is 1. The summed E-state index contributed by atoms with van der Waals surface area (Å²) in [4.78, 5) is 15.7. The van der Waals surface area contributed by atoms with Gasteiger partial charge in [-0.05, 0) is 29.8 Å². The van der Waals surface area contributed by atoms with Crippen molar-refractivity contribution in [3.05, 3.63) is 64.7 Å². The van der Waals surface area contributed by atoms with Crippen molar-refractivity contribution in [1.82, 2.24) is 10.3 Å². The van der Waals surface area contributed by atoms with Gasteiger partial charge >= 0.3 is 0 Å². The Labute approximate surface area is 109 Å². The summed E-state index contributed by atoms with van der Waals surface area (Å²) < 4.78 is 13.5. The average Bonchev–Trinajstić information content (AvgIpc) is 2.37. The molecule has 0 bridgehead atoms. The predicted molar refractivity (Wildman–Crippen MR) is 66.8 cm³/mol. The first-order valence-electron chi connectivity index (χ1n) is 5.29. The molecule has 2 rings (SSSR count). The maximum Gasteiger partial charge on any atom is 0.256 e. The highest BCUT2D eigenvalue weighted by atomic mass is 35.5. The number of carbonyl (C=O) groups is 1. The monoisotopic (exact) mass is 264 g/mol. The molecule has 92 valence electrons. The van der Waals surface area contributed by atoms with E-state index in [4.69, 9.17) is 11.6 Å². The fourth-order valence-corrected chi connectivity index (χ4v) is 1.73. The third-order valence-corrected chi connectivity index (χ3v) is 2.71. The number of pyridine rings is 1. The Hall–Kier alpha value is -1.94. The zero-order valence-corrected chi connectivity index (χ0v) is 10.1. The molecule has 1 aromatic carbocycles. The van der Waals surface area contributed by atoms with Crippen LogP contribution in [0.25, 0.3) is 0 Å². The Morgan fingerprint density at radius 3 is 2.67 bits per heavy atom. The fraction of sp³-hybridized carbons (Fsp3) is 0.0769. The minimum atomic E-state index is -0.630. The molecule has 0 unspecified atom stereocenters. The lowest BCUT2D eigenvalue weighted by Crippen LogP contribution is -2.24. The lowest BCUT2D eigenvalue weighted by molar-refractivity contribution is 0.0947. The highest BCUT2D eigenvalue weighted by Gasteiger charge is 2.14. The second-order valence-corrected chi connectivity index (χ2v) is 4.04. The summed E-state index contributed by atoms with van der Waals surface area (Å²) in [5.74, 6) is -1.16. The first-order chi connectivity index (χ1) is 8.68. The van der Waals surface area contributed by atoms with Crippen molar-refractivity contribution in [2.45, 2.75) is 6.54 Å². The van der Waals surface area contributed by atoms with Gasteiger partial charge in [-0.3, -0.25) is 9.78 Å². The lowest BCUT2D eigenvalue weighted by Gasteiger charge is -2.07. The molecule has 0 radical (unpaired) electrons. The van der Waals surface area contributed by atoms with Gasteiger partial charge in [0.15, 0.2) is 0 Å². The molecule has 0 aliphatic rings. The van der Waals surface area contributed by atoms with Crippen molar-refractivity contribution in [3.63, 3.8) is 0 Å². The summed E-state index contributed by atoms with van der Waals surface area (Å²) in [6, 6.07) is 7.67. The molecular weight excluding hydrogens is 255 g/mol. The molecule has 0 saturated carbocycles. The Kier molecular flexibility index (Phi) is 3.89. The number of carbonyl (C=O) groups excluding carboxylic acids is 1. The molecule has 3 nitrogen and oxygen atoms in total. The van der Waals surface area contributed by atoms with Gasteiger partial charge in [-0.1, -0.05) is 17.7 Å². The minimum Gasteiger partial charge on any atom is -0.348 e. The van der Waals surface area contributed by atoms with Gasteiger partial charge < -0.3 is 5.32 Å². The molecule has 0 atom stereocenters. The van der Waals surface area contributed by atoms with Crippen molar-refractivity contribution < 1.29 is 9.18 Å². The van der Waals surface area contributed by atoms with Gasteiger partial charge in [-0.2, -0.15) is 0 Å². The van der Waals surface area contributed by atoms with Gasteiger partial charge in [0.1, 0.15) is 5.82 Å². The maximum atomic E-state index is 13.5. The Bertz CT molecular complexity index is 540. The molecule has 0 aliphatic carbocycles. The van der Waals surface area contributed by atoms with Gasteiger partial charge in [0.05, 0.1) is 10.6 Å². The third-order valence-electron chi connectivity index (χ3n) is 2.39. The molecule has 1 N–H and O–H groups in total. The molecule has 1 heterocycles. The lowest BCUT2D eigenvalue weighted by atomic mass is 10.2. The van der Waals surface area contributed by atoms with Gasteiger partial charge in [-0.25, -0.2) is 4.39 Å². The van der Waals surface area contributed by atoms with E-state index in [1.54, 1.807) is 24.5 Å². The van der Waals surface area contributed by atoms with Crippen LogP contribution in [0.2, 0.25) is 5.02 Å². The molecule has 0 fully saturated rings. The summed E-state index contributed by atoms with van der Waals surface area (Å²) in [6.07, 6.45) is 3.25. The summed E-state index contributed by atoms with van der Waals surface area (Å²) in [6.45, 7) is 0.298. The normalized spacial score (nSPS) is 10.1. The van der Waals surface area contributed by atoms with Crippen LogP contribution in [0.3, 0.4) is 0 Å². The van der Waals surface area contributed by atoms with Crippen LogP contribution in [0, 0.1) is 5.82 Å². The largest absolute Gasteiger partial charge is 0.348 e. The van der Waals surface area contributed by atoms with E-state index in [-0.39, 0.29) is 10.6 Å². The summed E-state index contributed by atoms with van der Waals surface area (Å²) >= 11 is 5.80. The van der Waals surface area contributed by atoms with Crippen LogP contribution in [-0.2, 0) is 6.54 Å². The predicted octanol–water partition coefficient (Wildman–Crippen LogP) is 2.80. The molecule has 2 aromatic rings. The summed E-state index contributed by atoms with van der Waals surface area (Å²) in [7, 11) is 0. The van der Waals surface area contributed by atoms with Crippen LogP contribution in [0.1, 0.15) is 15.9 Å². The molecule has 0 aliphatic heterocycles. The van der Waals surface area contributed by atoms with Crippen molar-refractivity contribution in [1.29, 1.82) is 0 Å². The molecule has 0 spiro atoms. The smallest absolute Gasteiger partial charge is 0.256 e. The van der Waals surface area contributed by atoms with E-state index >= 15 is 0 Å². The number of halogens is 2. The van der Waals surface area contributed by atoms with Gasteiger partial charge in [0.2, 0.25) is 0 Å². The standard InChI is InChI=1S/C13H10ClFN2O/c14-10-2-1-3-11(15)12(10)13(18)17-8-9-4-6-16-7-5-9/h1-7H,8H2,(H,17,18). The van der Waals surface area contributed by atoms with Crippen LogP contribution in [-0.4, -0.2) is 10.9 Å². The highest BCUT2D eigenvalue weighted by Crippen LogP contribution is 2.18. The Balaban J connectivity index is 2.09. The quantitative estimate of drug-likeness (QED) is 0.926. The van der Waals surface area contributed by atoms with Gasteiger partial charge in [-0.15, -0.1) is 0 Å². The summed E-state index contributed by atoms with van der Waals surface area (Å²) in [5.41, 5.74) is 0.749. The second kappa shape index (κ2) is 5.60. The van der Waals surface area contributed by atoms with Crippen LogP contribution in [0.5, 0.6) is 0 Å². The Morgan fingerprint density at radius 2 is 2.00 bits per heavy atom. The van der Waals surface area contributed by atoms with E-state index in [0.29, 0.717) is 6.54 Å². The number of nitrogens with zero attached hydrogens (tertiary/aromatic N) is 1. The van der Waals surface area contributed by atoms with E-state index < -0.39 is 11.7 Å². The van der Waals surface area contributed by atoms with E-state index in [9.17, 15) is 9.18 Å². The summed E-state index contributed by atoms with van der Waals surface area (Å²) in [5, 5.41) is 2.71.